The minimum Gasteiger partial charge on any atom is -0.491 e. The molecule has 0 bridgehead atoms. The molecule has 6 nitrogen and oxygen atoms in total. The molecular formula is C18H17N3O3S. The van der Waals surface area contributed by atoms with Gasteiger partial charge in [-0.05, 0) is 54.6 Å². The van der Waals surface area contributed by atoms with Gasteiger partial charge in [0.1, 0.15) is 18.2 Å². The lowest BCUT2D eigenvalue weighted by Crippen LogP contribution is -2.23. The number of imide groups is 1. The van der Waals surface area contributed by atoms with Crippen molar-refractivity contribution in [1.29, 1.82) is 0 Å². The number of amides is 2. The summed E-state index contributed by atoms with van der Waals surface area (Å²) < 4.78 is 5.75. The number of aromatic nitrogens is 1. The molecule has 25 heavy (non-hydrogen) atoms. The molecule has 1 aromatic heterocycles. The first-order chi connectivity index (χ1) is 12.1. The van der Waals surface area contributed by atoms with E-state index >= 15 is 0 Å². The van der Waals surface area contributed by atoms with Crippen molar-refractivity contribution in [3.63, 3.8) is 0 Å². The fraction of sp³-hybridized carbons (Fsp3) is 0.167. The number of hydrogen-bond acceptors (Lipinski definition) is 6. The second-order valence-corrected chi connectivity index (χ2v) is 6.51. The van der Waals surface area contributed by atoms with Crippen LogP contribution in [0.1, 0.15) is 12.5 Å². The number of ether oxygens (including phenoxy) is 1. The second kappa shape index (κ2) is 7.85. The van der Waals surface area contributed by atoms with E-state index in [0.717, 1.165) is 28.9 Å². The zero-order valence-corrected chi connectivity index (χ0v) is 14.4. The molecule has 1 aliphatic heterocycles. The van der Waals surface area contributed by atoms with Crippen molar-refractivity contribution in [3.8, 4) is 5.75 Å². The standard InChI is InChI=1S/C18H17N3O3S/c1-12(20-16-4-2-3-9-19-16)11-24-14-7-5-13(6-8-14)10-15-17(22)21-18(23)25-15/h2-10,12H,11H2,1H3,(H,19,20)(H,21,22,23)/b15-10+/t12-/m1/s1. The van der Waals surface area contributed by atoms with Gasteiger partial charge in [-0.25, -0.2) is 4.98 Å². The maximum absolute atomic E-state index is 11.5. The van der Waals surface area contributed by atoms with E-state index in [9.17, 15) is 9.59 Å². The largest absolute Gasteiger partial charge is 0.491 e. The Bertz CT molecular complexity index is 791. The lowest BCUT2D eigenvalue weighted by atomic mass is 10.2. The molecule has 0 unspecified atom stereocenters. The normalized spacial score (nSPS) is 16.6. The van der Waals surface area contributed by atoms with Crippen LogP contribution in [-0.2, 0) is 4.79 Å². The van der Waals surface area contributed by atoms with Crippen molar-refractivity contribution in [1.82, 2.24) is 10.3 Å². The maximum Gasteiger partial charge on any atom is 0.290 e. The van der Waals surface area contributed by atoms with Gasteiger partial charge in [-0.15, -0.1) is 0 Å². The maximum atomic E-state index is 11.5. The number of carbonyl (C=O) groups excluding carboxylic acids is 2. The number of pyridine rings is 1. The molecule has 1 aliphatic rings. The molecule has 0 saturated carbocycles. The topological polar surface area (TPSA) is 80.3 Å². The average Bonchev–Trinajstić information content (AvgIpc) is 2.92. The number of hydrogen-bond donors (Lipinski definition) is 2. The highest BCUT2D eigenvalue weighted by atomic mass is 32.2. The molecule has 2 amide bonds. The fourth-order valence-corrected chi connectivity index (χ4v) is 2.88. The molecule has 0 spiro atoms. The number of carbonyl (C=O) groups is 2. The third-order valence-corrected chi connectivity index (χ3v) is 4.19. The quantitative estimate of drug-likeness (QED) is 0.774. The Morgan fingerprint density at radius 2 is 2.04 bits per heavy atom. The smallest absolute Gasteiger partial charge is 0.290 e. The number of rotatable bonds is 6. The van der Waals surface area contributed by atoms with Crippen LogP contribution in [0.5, 0.6) is 5.75 Å². The Balaban J connectivity index is 1.53. The summed E-state index contributed by atoms with van der Waals surface area (Å²) in [5, 5.41) is 5.15. The molecule has 7 heteroatoms. The number of thioether (sulfide) groups is 1. The summed E-state index contributed by atoms with van der Waals surface area (Å²) in [6, 6.07) is 13.1. The van der Waals surface area contributed by atoms with Crippen molar-refractivity contribution < 1.29 is 14.3 Å². The van der Waals surface area contributed by atoms with Crippen LogP contribution >= 0.6 is 11.8 Å². The summed E-state index contributed by atoms with van der Waals surface area (Å²) in [4.78, 5) is 27.3. The van der Waals surface area contributed by atoms with Crippen LogP contribution in [0.4, 0.5) is 10.6 Å². The molecule has 2 N–H and O–H groups in total. The zero-order chi connectivity index (χ0) is 17.6. The summed E-state index contributed by atoms with van der Waals surface area (Å²) in [6.45, 7) is 2.50. The molecule has 0 aliphatic carbocycles. The summed E-state index contributed by atoms with van der Waals surface area (Å²) in [5.74, 6) is 1.18. The van der Waals surface area contributed by atoms with E-state index in [4.69, 9.17) is 4.74 Å². The molecule has 2 aromatic rings. The van der Waals surface area contributed by atoms with Crippen LogP contribution in [-0.4, -0.2) is 28.8 Å². The van der Waals surface area contributed by atoms with Gasteiger partial charge in [-0.1, -0.05) is 18.2 Å². The highest BCUT2D eigenvalue weighted by Crippen LogP contribution is 2.26. The van der Waals surface area contributed by atoms with Gasteiger partial charge in [0.2, 0.25) is 0 Å². The molecule has 2 heterocycles. The number of nitrogens with zero attached hydrogens (tertiary/aromatic N) is 1. The molecular weight excluding hydrogens is 338 g/mol. The second-order valence-electron chi connectivity index (χ2n) is 5.49. The van der Waals surface area contributed by atoms with E-state index in [1.54, 1.807) is 12.3 Å². The van der Waals surface area contributed by atoms with Crippen LogP contribution in [0.2, 0.25) is 0 Å². The summed E-state index contributed by atoms with van der Waals surface area (Å²) in [5.41, 5.74) is 0.833. The van der Waals surface area contributed by atoms with Gasteiger partial charge in [0, 0.05) is 6.20 Å². The average molecular weight is 355 g/mol. The highest BCUT2D eigenvalue weighted by Gasteiger charge is 2.24. The van der Waals surface area contributed by atoms with Crippen LogP contribution < -0.4 is 15.4 Å². The zero-order valence-electron chi connectivity index (χ0n) is 13.6. The Labute approximate surface area is 149 Å². The predicted molar refractivity (Wildman–Crippen MR) is 98.4 cm³/mol. The molecule has 1 saturated heterocycles. The summed E-state index contributed by atoms with van der Waals surface area (Å²) in [6.07, 6.45) is 3.42. The minimum absolute atomic E-state index is 0.0984. The summed E-state index contributed by atoms with van der Waals surface area (Å²) in [7, 11) is 0. The van der Waals surface area contributed by atoms with E-state index in [0.29, 0.717) is 11.5 Å². The first-order valence-corrected chi connectivity index (χ1v) is 8.57. The van der Waals surface area contributed by atoms with Crippen LogP contribution in [0.3, 0.4) is 0 Å². The minimum atomic E-state index is -0.357. The SMILES string of the molecule is C[C@H](COc1ccc(/C=C2/SC(=O)NC2=O)cc1)Nc1ccccn1. The van der Waals surface area contributed by atoms with Crippen LogP contribution in [0.25, 0.3) is 6.08 Å². The number of anilines is 1. The summed E-state index contributed by atoms with van der Waals surface area (Å²) >= 11 is 0.904. The van der Waals surface area contributed by atoms with Gasteiger partial charge in [-0.2, -0.15) is 0 Å². The predicted octanol–water partition coefficient (Wildman–Crippen LogP) is 3.28. The lowest BCUT2D eigenvalue weighted by Gasteiger charge is -2.15. The van der Waals surface area contributed by atoms with Gasteiger partial charge in [0.05, 0.1) is 10.9 Å². The van der Waals surface area contributed by atoms with Crippen LogP contribution in [0.15, 0.2) is 53.6 Å². The molecule has 3 rings (SSSR count). The Kier molecular flexibility index (Phi) is 5.35. The van der Waals surface area contributed by atoms with Crippen molar-refractivity contribution in [2.24, 2.45) is 0 Å². The molecule has 1 fully saturated rings. The highest BCUT2D eigenvalue weighted by molar-refractivity contribution is 8.18. The van der Waals surface area contributed by atoms with E-state index < -0.39 is 0 Å². The molecule has 1 atom stereocenters. The van der Waals surface area contributed by atoms with Crippen molar-refractivity contribution in [2.75, 3.05) is 11.9 Å². The Hall–Kier alpha value is -2.80. The molecule has 1 aromatic carbocycles. The van der Waals surface area contributed by atoms with Gasteiger partial charge in [0.25, 0.3) is 11.1 Å². The number of nitrogens with one attached hydrogen (secondary N) is 2. The van der Waals surface area contributed by atoms with Crippen molar-refractivity contribution in [3.05, 3.63) is 59.1 Å². The van der Waals surface area contributed by atoms with Gasteiger partial charge >= 0.3 is 0 Å². The van der Waals surface area contributed by atoms with Crippen LogP contribution in [0, 0.1) is 0 Å². The van der Waals surface area contributed by atoms with Crippen molar-refractivity contribution in [2.45, 2.75) is 13.0 Å². The van der Waals surface area contributed by atoms with Gasteiger partial charge in [-0.3, -0.25) is 14.9 Å². The number of benzene rings is 1. The Morgan fingerprint density at radius 1 is 1.24 bits per heavy atom. The first-order valence-electron chi connectivity index (χ1n) is 7.75. The van der Waals surface area contributed by atoms with Gasteiger partial charge in [0.15, 0.2) is 0 Å². The first kappa shape index (κ1) is 17.0. The van der Waals surface area contributed by atoms with E-state index in [2.05, 4.69) is 15.6 Å². The Morgan fingerprint density at radius 3 is 2.68 bits per heavy atom. The third kappa shape index (κ3) is 4.84. The fourth-order valence-electron chi connectivity index (χ4n) is 2.20. The lowest BCUT2D eigenvalue weighted by molar-refractivity contribution is -0.115. The molecule has 128 valence electrons. The van der Waals surface area contributed by atoms with E-state index in [-0.39, 0.29) is 17.2 Å². The third-order valence-electron chi connectivity index (χ3n) is 3.38. The molecule has 0 radical (unpaired) electrons. The van der Waals surface area contributed by atoms with Crippen molar-refractivity contribution >= 4 is 34.8 Å². The van der Waals surface area contributed by atoms with E-state index in [1.807, 2.05) is 49.4 Å². The van der Waals surface area contributed by atoms with Gasteiger partial charge < -0.3 is 10.1 Å². The monoisotopic (exact) mass is 355 g/mol. The van der Waals surface area contributed by atoms with E-state index in [1.165, 1.54) is 0 Å².